The molecular formula is C19H14ClF2N3O4. The normalized spacial score (nSPS) is 11.8. The van der Waals surface area contributed by atoms with Gasteiger partial charge >= 0.3 is 5.97 Å². The van der Waals surface area contributed by atoms with Crippen LogP contribution in [-0.2, 0) is 4.79 Å². The number of benzene rings is 2. The number of nitrogens with one attached hydrogen (secondary N) is 1. The highest BCUT2D eigenvalue weighted by atomic mass is 35.5. The number of aliphatic carboxylic acids is 1. The molecule has 3 rings (SSSR count). The van der Waals surface area contributed by atoms with Crippen LogP contribution in [0.2, 0.25) is 5.02 Å². The Morgan fingerprint density at radius 1 is 1.17 bits per heavy atom. The molecule has 0 aliphatic rings. The van der Waals surface area contributed by atoms with E-state index in [2.05, 4.69) is 10.4 Å². The van der Waals surface area contributed by atoms with E-state index in [4.69, 9.17) is 16.7 Å². The van der Waals surface area contributed by atoms with Crippen molar-refractivity contribution in [2.24, 2.45) is 0 Å². The first kappa shape index (κ1) is 20.3. The topological polar surface area (TPSA) is 104 Å². The number of halogens is 3. The molecule has 0 aliphatic carbocycles. The molecule has 1 heterocycles. The minimum Gasteiger partial charge on any atom is -0.493 e. The molecule has 29 heavy (non-hydrogen) atoms. The van der Waals surface area contributed by atoms with Gasteiger partial charge in [0.1, 0.15) is 11.5 Å². The number of aromatic hydroxyl groups is 1. The molecule has 0 radical (unpaired) electrons. The van der Waals surface area contributed by atoms with Crippen molar-refractivity contribution in [3.63, 3.8) is 0 Å². The number of carboxylic acid groups (broad SMARTS) is 1. The molecule has 150 valence electrons. The van der Waals surface area contributed by atoms with E-state index in [1.165, 1.54) is 0 Å². The maximum Gasteiger partial charge on any atom is 0.305 e. The van der Waals surface area contributed by atoms with Crippen LogP contribution in [0.5, 0.6) is 5.88 Å². The van der Waals surface area contributed by atoms with E-state index in [1.54, 1.807) is 24.3 Å². The lowest BCUT2D eigenvalue weighted by Gasteiger charge is -2.18. The van der Waals surface area contributed by atoms with E-state index >= 15 is 0 Å². The lowest BCUT2D eigenvalue weighted by Crippen LogP contribution is -2.30. The van der Waals surface area contributed by atoms with Crippen molar-refractivity contribution >= 4 is 23.5 Å². The molecule has 1 amide bonds. The maximum absolute atomic E-state index is 14.0. The number of aromatic nitrogens is 2. The molecule has 0 saturated carbocycles. The molecule has 0 saturated heterocycles. The second kappa shape index (κ2) is 8.27. The van der Waals surface area contributed by atoms with Crippen LogP contribution in [-0.4, -0.2) is 31.9 Å². The number of carbonyl (C=O) groups excluding carboxylic acids is 1. The highest BCUT2D eigenvalue weighted by Crippen LogP contribution is 2.26. The fourth-order valence-electron chi connectivity index (χ4n) is 2.72. The summed E-state index contributed by atoms with van der Waals surface area (Å²) in [6.45, 7) is 0. The van der Waals surface area contributed by atoms with Crippen molar-refractivity contribution in [3.05, 3.63) is 76.4 Å². The molecule has 3 N–H and O–H groups in total. The standard InChI is InChI=1S/C19H14ClF2N3O4/c20-12-4-2-1-3-11(12)14(9-18(27)28)23-19(29)15-8-17(26)25(24-15)16-6-5-10(21)7-13(16)22/h1-8,14,26H,9H2,(H,23,29)(H,27,28)/t14-/m0/s1. The number of hydrogen-bond donors (Lipinski definition) is 3. The number of rotatable bonds is 6. The van der Waals surface area contributed by atoms with Gasteiger partial charge in [0.15, 0.2) is 11.5 Å². The Kier molecular flexibility index (Phi) is 5.79. The van der Waals surface area contributed by atoms with Crippen molar-refractivity contribution in [2.45, 2.75) is 12.5 Å². The fraction of sp³-hybridized carbons (Fsp3) is 0.105. The molecular weight excluding hydrogens is 408 g/mol. The number of hydrogen-bond acceptors (Lipinski definition) is 4. The zero-order valence-corrected chi connectivity index (χ0v) is 15.4. The lowest BCUT2D eigenvalue weighted by molar-refractivity contribution is -0.137. The number of carbonyl (C=O) groups is 2. The van der Waals surface area contributed by atoms with Gasteiger partial charge in [-0.05, 0) is 23.8 Å². The fourth-order valence-corrected chi connectivity index (χ4v) is 2.98. The summed E-state index contributed by atoms with van der Waals surface area (Å²) in [6.07, 6.45) is -0.450. The number of nitrogens with zero attached hydrogens (tertiary/aromatic N) is 2. The van der Waals surface area contributed by atoms with Crippen LogP contribution in [0, 0.1) is 11.6 Å². The zero-order valence-electron chi connectivity index (χ0n) is 14.6. The predicted molar refractivity (Wildman–Crippen MR) is 99.1 cm³/mol. The Hall–Kier alpha value is -3.46. The first-order valence-corrected chi connectivity index (χ1v) is 8.65. The average Bonchev–Trinajstić information content (AvgIpc) is 3.03. The Bertz CT molecular complexity index is 1090. The smallest absolute Gasteiger partial charge is 0.305 e. The Morgan fingerprint density at radius 3 is 2.55 bits per heavy atom. The van der Waals surface area contributed by atoms with E-state index in [1.807, 2.05) is 0 Å². The van der Waals surface area contributed by atoms with Crippen LogP contribution in [0.15, 0.2) is 48.5 Å². The van der Waals surface area contributed by atoms with Crippen molar-refractivity contribution in [3.8, 4) is 11.6 Å². The first-order chi connectivity index (χ1) is 13.8. The first-order valence-electron chi connectivity index (χ1n) is 8.28. The minimum absolute atomic E-state index is 0.265. The van der Waals surface area contributed by atoms with Gasteiger partial charge in [-0.25, -0.2) is 8.78 Å². The van der Waals surface area contributed by atoms with Crippen LogP contribution in [0.4, 0.5) is 8.78 Å². The average molecular weight is 422 g/mol. The van der Waals surface area contributed by atoms with Crippen LogP contribution in [0.3, 0.4) is 0 Å². The summed E-state index contributed by atoms with van der Waals surface area (Å²) in [5.74, 6) is -4.35. The Labute approximate surface area is 168 Å². The maximum atomic E-state index is 14.0. The van der Waals surface area contributed by atoms with Gasteiger partial charge in [0.25, 0.3) is 5.91 Å². The van der Waals surface area contributed by atoms with Gasteiger partial charge in [-0.2, -0.15) is 9.78 Å². The summed E-state index contributed by atoms with van der Waals surface area (Å²) in [6, 6.07) is 9.05. The Balaban J connectivity index is 1.89. The van der Waals surface area contributed by atoms with E-state index in [9.17, 15) is 23.5 Å². The summed E-state index contributed by atoms with van der Waals surface area (Å²) in [5.41, 5.74) is -0.178. The van der Waals surface area contributed by atoms with Gasteiger partial charge in [-0.1, -0.05) is 29.8 Å². The van der Waals surface area contributed by atoms with Gasteiger partial charge in [-0.3, -0.25) is 9.59 Å². The molecule has 0 unspecified atom stereocenters. The summed E-state index contributed by atoms with van der Waals surface area (Å²) < 4.78 is 27.8. The molecule has 0 bridgehead atoms. The minimum atomic E-state index is -1.17. The monoisotopic (exact) mass is 421 g/mol. The highest BCUT2D eigenvalue weighted by Gasteiger charge is 2.24. The lowest BCUT2D eigenvalue weighted by atomic mass is 10.0. The van der Waals surface area contributed by atoms with Crippen molar-refractivity contribution in [1.29, 1.82) is 0 Å². The largest absolute Gasteiger partial charge is 0.493 e. The van der Waals surface area contributed by atoms with Gasteiger partial charge in [-0.15, -0.1) is 0 Å². The number of amides is 1. The third-order valence-corrected chi connectivity index (χ3v) is 4.37. The van der Waals surface area contributed by atoms with Gasteiger partial charge in [0.05, 0.1) is 12.5 Å². The molecule has 0 spiro atoms. The van der Waals surface area contributed by atoms with Crippen molar-refractivity contribution in [1.82, 2.24) is 15.1 Å². The van der Waals surface area contributed by atoms with Crippen LogP contribution in [0.25, 0.3) is 5.69 Å². The molecule has 1 aromatic heterocycles. The highest BCUT2D eigenvalue weighted by molar-refractivity contribution is 6.31. The Morgan fingerprint density at radius 2 is 1.90 bits per heavy atom. The van der Waals surface area contributed by atoms with Gasteiger partial charge < -0.3 is 15.5 Å². The van der Waals surface area contributed by atoms with E-state index in [0.29, 0.717) is 11.6 Å². The number of carboxylic acids is 1. The van der Waals surface area contributed by atoms with Crippen LogP contribution >= 0.6 is 11.6 Å². The summed E-state index contributed by atoms with van der Waals surface area (Å²) >= 11 is 6.10. The molecule has 3 aromatic rings. The SMILES string of the molecule is O=C(O)C[C@H](NC(=O)c1cc(O)n(-c2ccc(F)cc2F)n1)c1ccccc1Cl. The van der Waals surface area contributed by atoms with E-state index in [0.717, 1.165) is 22.9 Å². The second-order valence-electron chi connectivity index (χ2n) is 6.04. The second-order valence-corrected chi connectivity index (χ2v) is 6.45. The quantitative estimate of drug-likeness (QED) is 0.565. The summed E-state index contributed by atoms with van der Waals surface area (Å²) in [4.78, 5) is 23.8. The third kappa shape index (κ3) is 4.52. The molecule has 10 heteroatoms. The van der Waals surface area contributed by atoms with Gasteiger partial charge in [0, 0.05) is 17.2 Å². The summed E-state index contributed by atoms with van der Waals surface area (Å²) in [7, 11) is 0. The molecule has 2 aromatic carbocycles. The van der Waals surface area contributed by atoms with Gasteiger partial charge in [0.2, 0.25) is 5.88 Å². The predicted octanol–water partition coefficient (Wildman–Crippen LogP) is 3.46. The molecule has 0 fully saturated rings. The molecule has 0 aliphatic heterocycles. The molecule has 7 nitrogen and oxygen atoms in total. The molecule has 1 atom stereocenters. The third-order valence-electron chi connectivity index (χ3n) is 4.03. The van der Waals surface area contributed by atoms with Crippen LogP contribution in [0.1, 0.15) is 28.5 Å². The van der Waals surface area contributed by atoms with E-state index < -0.39 is 41.9 Å². The van der Waals surface area contributed by atoms with E-state index in [-0.39, 0.29) is 16.4 Å². The van der Waals surface area contributed by atoms with Crippen molar-refractivity contribution in [2.75, 3.05) is 0 Å². The zero-order chi connectivity index (χ0) is 21.1. The van der Waals surface area contributed by atoms with Crippen molar-refractivity contribution < 1.29 is 28.6 Å². The summed E-state index contributed by atoms with van der Waals surface area (Å²) in [5, 5.41) is 25.7. The van der Waals surface area contributed by atoms with Crippen LogP contribution < -0.4 is 5.32 Å².